The number of carbonyl (C=O) groups is 1. The molecule has 2 aliphatic carbocycles. The van der Waals surface area contributed by atoms with Crippen molar-refractivity contribution >= 4 is 5.91 Å². The lowest BCUT2D eigenvalue weighted by atomic mass is 9.58. The average Bonchev–Trinajstić information content (AvgIpc) is 3.08. The number of fused-ring (bicyclic) bond motifs is 1. The highest BCUT2D eigenvalue weighted by atomic mass is 19.1. The molecule has 26 heavy (non-hydrogen) atoms. The number of hydrogen-bond acceptors (Lipinski definition) is 2. The van der Waals surface area contributed by atoms with Crippen molar-refractivity contribution in [2.75, 3.05) is 6.61 Å². The normalized spacial score (nSPS) is 37.6. The highest BCUT2D eigenvalue weighted by Crippen LogP contribution is 2.70. The van der Waals surface area contributed by atoms with Gasteiger partial charge in [-0.05, 0) is 48.0 Å². The van der Waals surface area contributed by atoms with Crippen molar-refractivity contribution in [3.8, 4) is 0 Å². The van der Waals surface area contributed by atoms with Crippen LogP contribution in [0.3, 0.4) is 0 Å². The van der Waals surface area contributed by atoms with E-state index in [9.17, 15) is 9.18 Å². The molecule has 142 valence electrons. The van der Waals surface area contributed by atoms with Crippen molar-refractivity contribution in [3.05, 3.63) is 35.6 Å². The summed E-state index contributed by atoms with van der Waals surface area (Å²) in [7, 11) is 0. The maximum atomic E-state index is 14.5. The van der Waals surface area contributed by atoms with Gasteiger partial charge in [-0.1, -0.05) is 45.9 Å². The summed E-state index contributed by atoms with van der Waals surface area (Å²) in [6, 6.07) is 7.13. The van der Waals surface area contributed by atoms with Gasteiger partial charge in [0.25, 0.3) is 0 Å². The molecule has 3 nitrogen and oxygen atoms in total. The Bertz CT molecular complexity index is 716. The number of halogens is 1. The fourth-order valence-electron chi connectivity index (χ4n) is 6.11. The van der Waals surface area contributed by atoms with Crippen molar-refractivity contribution in [1.29, 1.82) is 0 Å². The average molecular weight is 359 g/mol. The van der Waals surface area contributed by atoms with Gasteiger partial charge in [-0.2, -0.15) is 0 Å². The maximum absolute atomic E-state index is 14.5. The smallest absolute Gasteiger partial charge is 0.222 e. The van der Waals surface area contributed by atoms with E-state index < -0.39 is 0 Å². The lowest BCUT2D eigenvalue weighted by Crippen LogP contribution is -2.59. The zero-order valence-corrected chi connectivity index (χ0v) is 16.2. The first-order valence-electron chi connectivity index (χ1n) is 9.94. The molecule has 1 aliphatic heterocycles. The number of nitrogens with one attached hydrogen (secondary N) is 1. The maximum Gasteiger partial charge on any atom is 0.222 e. The summed E-state index contributed by atoms with van der Waals surface area (Å²) in [6.45, 7) is 9.10. The fourth-order valence-corrected chi connectivity index (χ4v) is 6.11. The number of benzene rings is 1. The van der Waals surface area contributed by atoms with Crippen LogP contribution in [0.4, 0.5) is 4.39 Å². The first kappa shape index (κ1) is 18.0. The number of carbonyl (C=O) groups excluding carboxylic acids is 1. The van der Waals surface area contributed by atoms with E-state index in [-0.39, 0.29) is 46.5 Å². The fraction of sp³-hybridized carbons (Fsp3) is 0.682. The Balaban J connectivity index is 1.71. The summed E-state index contributed by atoms with van der Waals surface area (Å²) in [5.41, 5.74) is 0.762. The van der Waals surface area contributed by atoms with Crippen LogP contribution in [-0.4, -0.2) is 18.6 Å². The number of ether oxygens (including phenoxy) is 1. The summed E-state index contributed by atoms with van der Waals surface area (Å²) in [6.07, 6.45) is 2.91. The van der Waals surface area contributed by atoms with E-state index in [2.05, 4.69) is 19.2 Å². The van der Waals surface area contributed by atoms with Crippen LogP contribution in [0.5, 0.6) is 0 Å². The first-order valence-corrected chi connectivity index (χ1v) is 9.94. The van der Waals surface area contributed by atoms with E-state index in [1.165, 1.54) is 6.07 Å². The second-order valence-electron chi connectivity index (χ2n) is 9.46. The van der Waals surface area contributed by atoms with Crippen molar-refractivity contribution in [3.63, 3.8) is 0 Å². The van der Waals surface area contributed by atoms with Gasteiger partial charge in [0.2, 0.25) is 5.91 Å². The molecular formula is C22H30FNO2. The Morgan fingerprint density at radius 3 is 2.73 bits per heavy atom. The van der Waals surface area contributed by atoms with E-state index >= 15 is 0 Å². The zero-order valence-electron chi connectivity index (χ0n) is 16.2. The topological polar surface area (TPSA) is 38.3 Å². The van der Waals surface area contributed by atoms with Gasteiger partial charge in [0.1, 0.15) is 5.82 Å². The van der Waals surface area contributed by atoms with Crippen LogP contribution < -0.4 is 5.32 Å². The Labute approximate surface area is 155 Å². The molecule has 0 unspecified atom stereocenters. The Hall–Kier alpha value is -1.42. The minimum atomic E-state index is -0.204. The molecule has 0 radical (unpaired) electrons. The summed E-state index contributed by atoms with van der Waals surface area (Å²) < 4.78 is 20.6. The van der Waals surface area contributed by atoms with Crippen LogP contribution in [0.2, 0.25) is 0 Å². The second-order valence-corrected chi connectivity index (χ2v) is 9.46. The van der Waals surface area contributed by atoms with E-state index in [4.69, 9.17) is 4.74 Å². The van der Waals surface area contributed by atoms with E-state index in [1.54, 1.807) is 6.07 Å². The van der Waals surface area contributed by atoms with Gasteiger partial charge in [0, 0.05) is 24.1 Å². The molecule has 1 aromatic rings. The predicted molar refractivity (Wildman–Crippen MR) is 98.9 cm³/mol. The highest BCUT2D eigenvalue weighted by molar-refractivity contribution is 5.78. The van der Waals surface area contributed by atoms with Crippen LogP contribution in [0.1, 0.15) is 58.6 Å². The molecule has 1 N–H and O–H groups in total. The molecule has 2 saturated carbocycles. The first-order chi connectivity index (χ1) is 12.3. The van der Waals surface area contributed by atoms with Gasteiger partial charge in [-0.25, -0.2) is 4.39 Å². The van der Waals surface area contributed by atoms with Gasteiger partial charge >= 0.3 is 0 Å². The predicted octanol–water partition coefficient (Wildman–Crippen LogP) is 4.48. The lowest BCUT2D eigenvalue weighted by molar-refractivity contribution is -0.139. The van der Waals surface area contributed by atoms with Crippen LogP contribution in [-0.2, 0) is 9.53 Å². The lowest BCUT2D eigenvalue weighted by Gasteiger charge is -2.53. The van der Waals surface area contributed by atoms with Crippen molar-refractivity contribution in [2.45, 2.75) is 59.1 Å². The summed E-state index contributed by atoms with van der Waals surface area (Å²) in [4.78, 5) is 12.5. The van der Waals surface area contributed by atoms with Crippen LogP contribution >= 0.6 is 0 Å². The quantitative estimate of drug-likeness (QED) is 0.864. The van der Waals surface area contributed by atoms with E-state index in [0.717, 1.165) is 19.3 Å². The Morgan fingerprint density at radius 1 is 1.31 bits per heavy atom. The molecule has 5 atom stereocenters. The van der Waals surface area contributed by atoms with Crippen LogP contribution in [0.15, 0.2) is 24.3 Å². The highest BCUT2D eigenvalue weighted by Gasteiger charge is 2.68. The zero-order chi connectivity index (χ0) is 18.7. The van der Waals surface area contributed by atoms with E-state index in [1.807, 2.05) is 26.0 Å². The molecule has 1 spiro atoms. The third kappa shape index (κ3) is 2.45. The van der Waals surface area contributed by atoms with Gasteiger partial charge in [-0.15, -0.1) is 0 Å². The van der Waals surface area contributed by atoms with E-state index in [0.29, 0.717) is 18.1 Å². The van der Waals surface area contributed by atoms with Gasteiger partial charge in [0.15, 0.2) is 0 Å². The molecule has 0 aromatic heterocycles. The molecule has 1 heterocycles. The van der Waals surface area contributed by atoms with Gasteiger partial charge < -0.3 is 10.1 Å². The summed E-state index contributed by atoms with van der Waals surface area (Å²) in [5.74, 6) is 0.726. The summed E-state index contributed by atoms with van der Waals surface area (Å²) >= 11 is 0. The largest absolute Gasteiger partial charge is 0.373 e. The number of amides is 1. The Kier molecular flexibility index (Phi) is 4.18. The molecule has 1 aromatic carbocycles. The van der Waals surface area contributed by atoms with Gasteiger partial charge in [0.05, 0.1) is 6.10 Å². The molecule has 3 aliphatic rings. The third-order valence-electron chi connectivity index (χ3n) is 7.53. The Morgan fingerprint density at radius 2 is 2.04 bits per heavy atom. The third-order valence-corrected chi connectivity index (χ3v) is 7.53. The molecule has 2 bridgehead atoms. The molecule has 1 saturated heterocycles. The van der Waals surface area contributed by atoms with Crippen LogP contribution in [0, 0.1) is 34.4 Å². The second kappa shape index (κ2) is 6.05. The molecule has 4 heteroatoms. The van der Waals surface area contributed by atoms with Crippen molar-refractivity contribution < 1.29 is 13.9 Å². The SMILES string of the molecule is CC(C)C(=O)N[C@H]1C(C)(C)[C@@H]2C[C@@H]3[C@@H](c4ccccc4F)OCC[C@@]31C2. The monoisotopic (exact) mass is 359 g/mol. The molecule has 3 fully saturated rings. The van der Waals surface area contributed by atoms with Crippen LogP contribution in [0.25, 0.3) is 0 Å². The number of rotatable bonds is 3. The minimum absolute atomic E-state index is 0.0178. The van der Waals surface area contributed by atoms with Crippen molar-refractivity contribution in [2.24, 2.45) is 28.6 Å². The molecular weight excluding hydrogens is 329 g/mol. The number of hydrogen-bond donors (Lipinski definition) is 1. The standard InChI is InChI=1S/C22H30FNO2/c1-13(2)19(25)24-20-21(3,4)14-11-16-18(15-7-5-6-8-17(15)23)26-10-9-22(16,20)12-14/h5-8,13-14,16,18,20H,9-12H2,1-4H3,(H,24,25)/t14-,16-,18-,20+,22-/m1/s1. The minimum Gasteiger partial charge on any atom is -0.373 e. The molecule has 1 amide bonds. The van der Waals surface area contributed by atoms with Gasteiger partial charge in [-0.3, -0.25) is 4.79 Å². The van der Waals surface area contributed by atoms with Crippen molar-refractivity contribution in [1.82, 2.24) is 5.32 Å². The summed E-state index contributed by atoms with van der Waals surface area (Å²) in [5, 5.41) is 3.39. The molecule has 4 rings (SSSR count).